The van der Waals surface area contributed by atoms with Crippen LogP contribution in [0.25, 0.3) is 0 Å². The largest absolute Gasteiger partial charge is 0.463 e. The second-order valence-electron chi connectivity index (χ2n) is 7.29. The van der Waals surface area contributed by atoms with Gasteiger partial charge in [-0.05, 0) is 50.3 Å². The lowest BCUT2D eigenvalue weighted by Gasteiger charge is -2.35. The molecule has 0 radical (unpaired) electrons. The summed E-state index contributed by atoms with van der Waals surface area (Å²) in [4.78, 5) is 26.2. The van der Waals surface area contributed by atoms with E-state index < -0.39 is 23.7 Å². The zero-order valence-electron chi connectivity index (χ0n) is 17.3. The van der Waals surface area contributed by atoms with Gasteiger partial charge in [0.2, 0.25) is 0 Å². The molecule has 1 heterocycles. The first kappa shape index (κ1) is 23.6. The molecule has 1 aliphatic rings. The first-order valence-electron chi connectivity index (χ1n) is 10.2. The molecular formula is C22H22F3N3O3S. The fourth-order valence-electron chi connectivity index (χ4n) is 3.58. The Labute approximate surface area is 187 Å². The van der Waals surface area contributed by atoms with Gasteiger partial charge in [-0.3, -0.25) is 4.79 Å². The molecule has 1 atom stereocenters. The van der Waals surface area contributed by atoms with Crippen LogP contribution < -0.4 is 10.6 Å². The van der Waals surface area contributed by atoms with Gasteiger partial charge in [0, 0.05) is 10.4 Å². The summed E-state index contributed by atoms with van der Waals surface area (Å²) in [5, 5.41) is 13.6. The van der Waals surface area contributed by atoms with Crippen LogP contribution in [0.4, 0.5) is 18.2 Å². The summed E-state index contributed by atoms with van der Waals surface area (Å²) in [7, 11) is 0. The third-order valence-electron chi connectivity index (χ3n) is 5.18. The van der Waals surface area contributed by atoms with Crippen molar-refractivity contribution in [2.75, 3.05) is 11.9 Å². The van der Waals surface area contributed by atoms with Crippen molar-refractivity contribution in [1.82, 2.24) is 5.32 Å². The van der Waals surface area contributed by atoms with Crippen molar-refractivity contribution in [3.63, 3.8) is 0 Å². The van der Waals surface area contributed by atoms with Gasteiger partial charge in [0.05, 0.1) is 12.2 Å². The number of hydrogen-bond donors (Lipinski definition) is 2. The van der Waals surface area contributed by atoms with Crippen LogP contribution in [0.5, 0.6) is 0 Å². The number of nitriles is 1. The standard InChI is InChI=1S/C22H22F3N3O3S/c1-2-31-20(30)21(22(23,24)25,27-18(29)14-9-5-3-6-10-14)28-19-16(13-26)15-11-7-4-8-12-17(15)32-19/h3,5-6,9-10,28H,2,4,7-8,11-12H2,1H3,(H,27,29). The predicted octanol–water partition coefficient (Wildman–Crippen LogP) is 4.55. The van der Waals surface area contributed by atoms with Crippen LogP contribution in [0, 0.1) is 11.3 Å². The number of carbonyl (C=O) groups is 2. The summed E-state index contributed by atoms with van der Waals surface area (Å²) >= 11 is 1.01. The number of halogens is 3. The number of amides is 1. The number of fused-ring (bicyclic) bond motifs is 1. The monoisotopic (exact) mass is 465 g/mol. The average molecular weight is 465 g/mol. The molecule has 3 rings (SSSR count). The molecule has 0 saturated heterocycles. The Balaban J connectivity index is 2.09. The van der Waals surface area contributed by atoms with Crippen molar-refractivity contribution in [3.05, 3.63) is 51.9 Å². The third kappa shape index (κ3) is 4.58. The molecule has 1 aromatic heterocycles. The summed E-state index contributed by atoms with van der Waals surface area (Å²) in [6, 6.07) is 9.23. The van der Waals surface area contributed by atoms with Crippen molar-refractivity contribution in [1.29, 1.82) is 5.26 Å². The number of esters is 1. The lowest BCUT2D eigenvalue weighted by atomic mass is 10.0. The molecule has 10 heteroatoms. The van der Waals surface area contributed by atoms with Crippen molar-refractivity contribution in [3.8, 4) is 6.07 Å². The highest BCUT2D eigenvalue weighted by Gasteiger charge is 2.64. The van der Waals surface area contributed by atoms with Crippen LogP contribution in [0.2, 0.25) is 0 Å². The van der Waals surface area contributed by atoms with E-state index in [1.807, 2.05) is 11.4 Å². The minimum absolute atomic E-state index is 0.0605. The van der Waals surface area contributed by atoms with Crippen molar-refractivity contribution in [2.24, 2.45) is 0 Å². The number of carbonyl (C=O) groups excluding carboxylic acids is 2. The number of aryl methyl sites for hydroxylation is 1. The van der Waals surface area contributed by atoms with E-state index in [4.69, 9.17) is 4.74 Å². The maximum absolute atomic E-state index is 14.4. The molecule has 1 aliphatic carbocycles. The molecule has 1 amide bonds. The Hall–Kier alpha value is -3.06. The maximum Gasteiger partial charge on any atom is 0.441 e. The Kier molecular flexibility index (Phi) is 7.09. The minimum atomic E-state index is -5.27. The zero-order chi connectivity index (χ0) is 23.4. The van der Waals surface area contributed by atoms with Gasteiger partial charge < -0.3 is 15.4 Å². The summed E-state index contributed by atoms with van der Waals surface area (Å²) in [5.41, 5.74) is -2.86. The molecule has 6 nitrogen and oxygen atoms in total. The van der Waals surface area contributed by atoms with E-state index in [1.165, 1.54) is 31.2 Å². The lowest BCUT2D eigenvalue weighted by Crippen LogP contribution is -2.69. The molecule has 0 fully saturated rings. The summed E-state index contributed by atoms with van der Waals surface area (Å²) in [6.07, 6.45) is -1.39. The molecule has 1 aromatic carbocycles. The molecule has 2 N–H and O–H groups in total. The van der Waals surface area contributed by atoms with Crippen molar-refractivity contribution >= 4 is 28.2 Å². The first-order valence-corrected chi connectivity index (χ1v) is 11.0. The molecule has 0 saturated carbocycles. The number of ether oxygens (including phenoxy) is 1. The second kappa shape index (κ2) is 9.61. The Bertz CT molecular complexity index is 1030. The fraction of sp³-hybridized carbons (Fsp3) is 0.409. The molecule has 32 heavy (non-hydrogen) atoms. The highest BCUT2D eigenvalue weighted by molar-refractivity contribution is 7.16. The Morgan fingerprint density at radius 1 is 1.16 bits per heavy atom. The summed E-state index contributed by atoms with van der Waals surface area (Å²) < 4.78 is 48.0. The molecule has 1 unspecified atom stereocenters. The van der Waals surface area contributed by atoms with E-state index in [0.29, 0.717) is 18.4 Å². The quantitative estimate of drug-likeness (QED) is 0.371. The van der Waals surface area contributed by atoms with E-state index in [9.17, 15) is 28.0 Å². The number of alkyl halides is 3. The van der Waals surface area contributed by atoms with E-state index in [-0.39, 0.29) is 22.7 Å². The van der Waals surface area contributed by atoms with Crippen molar-refractivity contribution in [2.45, 2.75) is 50.9 Å². The van der Waals surface area contributed by atoms with Gasteiger partial charge in [-0.15, -0.1) is 11.3 Å². The number of nitrogens with one attached hydrogen (secondary N) is 2. The number of benzene rings is 1. The minimum Gasteiger partial charge on any atom is -0.463 e. The Morgan fingerprint density at radius 2 is 1.84 bits per heavy atom. The zero-order valence-corrected chi connectivity index (χ0v) is 18.2. The van der Waals surface area contributed by atoms with Crippen LogP contribution in [0.15, 0.2) is 30.3 Å². The lowest BCUT2D eigenvalue weighted by molar-refractivity contribution is -0.204. The first-order chi connectivity index (χ1) is 15.2. The number of rotatable bonds is 6. The van der Waals surface area contributed by atoms with Crippen LogP contribution in [-0.2, 0) is 22.4 Å². The van der Waals surface area contributed by atoms with Gasteiger partial charge >= 0.3 is 17.8 Å². The molecule has 0 spiro atoms. The summed E-state index contributed by atoms with van der Waals surface area (Å²) in [5.74, 6) is -2.82. The normalized spacial score (nSPS) is 15.5. The van der Waals surface area contributed by atoms with Gasteiger partial charge in [0.15, 0.2) is 0 Å². The van der Waals surface area contributed by atoms with Crippen LogP contribution >= 0.6 is 11.3 Å². The van der Waals surface area contributed by atoms with Crippen LogP contribution in [-0.4, -0.2) is 30.3 Å². The van der Waals surface area contributed by atoms with Gasteiger partial charge in [-0.1, -0.05) is 24.6 Å². The fourth-order valence-corrected chi connectivity index (χ4v) is 4.88. The Morgan fingerprint density at radius 3 is 2.47 bits per heavy atom. The van der Waals surface area contributed by atoms with E-state index in [1.54, 1.807) is 6.07 Å². The van der Waals surface area contributed by atoms with Gasteiger partial charge in [-0.2, -0.15) is 18.4 Å². The topological polar surface area (TPSA) is 91.2 Å². The number of anilines is 1. The smallest absolute Gasteiger partial charge is 0.441 e. The molecule has 0 aliphatic heterocycles. The van der Waals surface area contributed by atoms with Crippen molar-refractivity contribution < 1.29 is 27.5 Å². The number of hydrogen-bond acceptors (Lipinski definition) is 6. The van der Waals surface area contributed by atoms with E-state index >= 15 is 0 Å². The highest BCUT2D eigenvalue weighted by Crippen LogP contribution is 2.41. The average Bonchev–Trinajstić information content (AvgIpc) is 2.91. The number of nitrogens with zero attached hydrogens (tertiary/aromatic N) is 1. The highest BCUT2D eigenvalue weighted by atomic mass is 32.1. The summed E-state index contributed by atoms with van der Waals surface area (Å²) in [6.45, 7) is 1.04. The molecule has 0 bridgehead atoms. The predicted molar refractivity (Wildman–Crippen MR) is 113 cm³/mol. The molecule has 170 valence electrons. The van der Waals surface area contributed by atoms with Crippen LogP contribution in [0.3, 0.4) is 0 Å². The van der Waals surface area contributed by atoms with E-state index in [2.05, 4.69) is 5.32 Å². The van der Waals surface area contributed by atoms with Gasteiger partial charge in [0.1, 0.15) is 11.1 Å². The van der Waals surface area contributed by atoms with Gasteiger partial charge in [0.25, 0.3) is 5.91 Å². The third-order valence-corrected chi connectivity index (χ3v) is 6.39. The van der Waals surface area contributed by atoms with Crippen LogP contribution in [0.1, 0.15) is 52.5 Å². The van der Waals surface area contributed by atoms with E-state index in [0.717, 1.165) is 35.5 Å². The maximum atomic E-state index is 14.4. The molecular weight excluding hydrogens is 443 g/mol. The molecule has 2 aromatic rings. The number of thiophene rings is 1. The SMILES string of the molecule is CCOC(=O)C(NC(=O)c1ccccc1)(Nc1sc2c(c1C#N)CCCCC2)C(F)(F)F. The van der Waals surface area contributed by atoms with Gasteiger partial charge in [-0.25, -0.2) is 4.79 Å². The second-order valence-corrected chi connectivity index (χ2v) is 8.40.